The molecule has 0 N–H and O–H groups in total. The van der Waals surface area contributed by atoms with E-state index in [9.17, 15) is 4.79 Å². The number of piperazine rings is 1. The van der Waals surface area contributed by atoms with Crippen LogP contribution in [0.2, 0.25) is 0 Å². The summed E-state index contributed by atoms with van der Waals surface area (Å²) in [5.74, 6) is 0.192. The Morgan fingerprint density at radius 3 is 2.79 bits per heavy atom. The van der Waals surface area contributed by atoms with Gasteiger partial charge in [-0.2, -0.15) is 0 Å². The Hall–Kier alpha value is -2.43. The van der Waals surface area contributed by atoms with Crippen molar-refractivity contribution in [2.45, 2.75) is 64.3 Å². The number of nitrogens with zero attached hydrogens (tertiary/aromatic N) is 5. The maximum atomic E-state index is 13.2. The van der Waals surface area contributed by atoms with Gasteiger partial charge in [-0.1, -0.05) is 28.0 Å². The fourth-order valence-corrected chi connectivity index (χ4v) is 7.15. The molecule has 5 heterocycles. The van der Waals surface area contributed by atoms with E-state index < -0.39 is 0 Å². The topological polar surface area (TPSA) is 44.1 Å². The predicted octanol–water partition coefficient (Wildman–Crippen LogP) is 4.36. The molecule has 6 nitrogen and oxygen atoms in total. The molecule has 1 aliphatic carbocycles. The van der Waals surface area contributed by atoms with Crippen LogP contribution >= 0.6 is 8.58 Å². The van der Waals surface area contributed by atoms with Gasteiger partial charge in [0.15, 0.2) is 0 Å². The molecule has 1 amide bonds. The first-order valence-corrected chi connectivity index (χ1v) is 13.8. The molecule has 1 saturated heterocycles. The standard InChI is InChI=1S/C27H34N5OP/c1-4-20-12-21(16-30-14-18(2)28-27(20)30)24-13-25(33)32-17-23(8-9-26(32)34-24)29-10-11-31(19(3)15-29)22-6-5-7-22/h8-9,12-14,16-17,19,22,26,34H,4-7,10-11,15H2,1-3H3/t19-,26?/m0/s1. The van der Waals surface area contributed by atoms with E-state index in [1.165, 1.54) is 30.5 Å². The molecule has 34 heavy (non-hydrogen) atoms. The number of hydrogen-bond donors (Lipinski definition) is 0. The lowest BCUT2D eigenvalue weighted by Crippen LogP contribution is -2.56. The minimum atomic E-state index is 0.0849. The monoisotopic (exact) mass is 475 g/mol. The fourth-order valence-electron chi connectivity index (χ4n) is 5.79. The number of pyridine rings is 1. The molecule has 6 rings (SSSR count). The Bertz CT molecular complexity index is 1220. The van der Waals surface area contributed by atoms with Gasteiger partial charge < -0.3 is 14.2 Å². The fraction of sp³-hybridized carbons (Fsp3) is 0.481. The zero-order chi connectivity index (χ0) is 23.4. The van der Waals surface area contributed by atoms with Crippen LogP contribution < -0.4 is 0 Å². The number of hydrogen-bond acceptors (Lipinski definition) is 4. The Balaban J connectivity index is 1.22. The molecular formula is C27H34N5OP. The second-order valence-electron chi connectivity index (χ2n) is 10.1. The van der Waals surface area contributed by atoms with Gasteiger partial charge in [0.1, 0.15) is 5.65 Å². The third-order valence-corrected chi connectivity index (χ3v) is 9.38. The zero-order valence-corrected chi connectivity index (χ0v) is 21.4. The van der Waals surface area contributed by atoms with Crippen molar-refractivity contribution in [3.63, 3.8) is 0 Å². The normalized spacial score (nSPS) is 26.6. The van der Waals surface area contributed by atoms with Gasteiger partial charge in [-0.15, -0.1) is 0 Å². The first-order valence-electron chi connectivity index (χ1n) is 12.7. The highest BCUT2D eigenvalue weighted by Crippen LogP contribution is 2.45. The summed E-state index contributed by atoms with van der Waals surface area (Å²) in [5.41, 5.74) is 5.58. The Morgan fingerprint density at radius 1 is 1.21 bits per heavy atom. The SMILES string of the molecule is CCc1cc(C2=CC(=O)N3C=C(N4CCN(C5CCC5)[C@@H](C)C4)C=CC3P2)cn2cc(C)nc12. The minimum absolute atomic E-state index is 0.0849. The molecule has 0 spiro atoms. The van der Waals surface area contributed by atoms with E-state index in [4.69, 9.17) is 0 Å². The summed E-state index contributed by atoms with van der Waals surface area (Å²) in [4.78, 5) is 25.0. The lowest BCUT2D eigenvalue weighted by atomic mass is 9.89. The molecule has 3 aliphatic heterocycles. The maximum absolute atomic E-state index is 13.2. The van der Waals surface area contributed by atoms with E-state index in [0.29, 0.717) is 14.6 Å². The summed E-state index contributed by atoms with van der Waals surface area (Å²) in [6.07, 6.45) is 17.7. The third-order valence-electron chi connectivity index (χ3n) is 7.87. The van der Waals surface area contributed by atoms with Gasteiger partial charge in [0.05, 0.1) is 17.2 Å². The first-order chi connectivity index (χ1) is 16.5. The molecule has 0 bridgehead atoms. The van der Waals surface area contributed by atoms with E-state index in [2.05, 4.69) is 69.8 Å². The number of carbonyl (C=O) groups excluding carboxylic acids is 1. The van der Waals surface area contributed by atoms with Crippen molar-refractivity contribution in [2.75, 3.05) is 19.6 Å². The summed E-state index contributed by atoms with van der Waals surface area (Å²) >= 11 is 0. The molecule has 2 aromatic rings. The molecule has 4 aliphatic rings. The molecule has 2 fully saturated rings. The molecule has 1 saturated carbocycles. The summed E-state index contributed by atoms with van der Waals surface area (Å²) in [6.45, 7) is 9.74. The van der Waals surface area contributed by atoms with Gasteiger partial charge in [0.2, 0.25) is 0 Å². The average molecular weight is 476 g/mol. The van der Waals surface area contributed by atoms with Crippen molar-refractivity contribution in [2.24, 2.45) is 0 Å². The van der Waals surface area contributed by atoms with E-state index in [1.54, 1.807) is 0 Å². The number of fused-ring (bicyclic) bond motifs is 2. The third kappa shape index (κ3) is 3.81. The maximum Gasteiger partial charge on any atom is 0.252 e. The van der Waals surface area contributed by atoms with Crippen LogP contribution in [0.3, 0.4) is 0 Å². The van der Waals surface area contributed by atoms with Gasteiger partial charge in [-0.3, -0.25) is 9.69 Å². The van der Waals surface area contributed by atoms with Gasteiger partial charge in [0, 0.05) is 56.4 Å². The number of carbonyl (C=O) groups is 1. The van der Waals surface area contributed by atoms with Crippen LogP contribution in [-0.2, 0) is 11.2 Å². The van der Waals surface area contributed by atoms with Gasteiger partial charge in [0.25, 0.3) is 5.91 Å². The number of amides is 1. The Morgan fingerprint density at radius 2 is 2.06 bits per heavy atom. The highest BCUT2D eigenvalue weighted by Gasteiger charge is 2.34. The van der Waals surface area contributed by atoms with Crippen molar-refractivity contribution in [3.05, 3.63) is 65.4 Å². The predicted molar refractivity (Wildman–Crippen MR) is 139 cm³/mol. The molecule has 0 aromatic carbocycles. The number of allylic oxidation sites excluding steroid dienone is 1. The lowest BCUT2D eigenvalue weighted by molar-refractivity contribution is -0.123. The van der Waals surface area contributed by atoms with Crippen molar-refractivity contribution in [1.82, 2.24) is 24.1 Å². The van der Waals surface area contributed by atoms with E-state index in [1.807, 2.05) is 17.9 Å². The van der Waals surface area contributed by atoms with E-state index in [-0.39, 0.29) is 11.7 Å². The van der Waals surface area contributed by atoms with Crippen molar-refractivity contribution < 1.29 is 4.79 Å². The molecule has 2 unspecified atom stereocenters. The van der Waals surface area contributed by atoms with Crippen LogP contribution in [0.4, 0.5) is 0 Å². The summed E-state index contributed by atoms with van der Waals surface area (Å²) in [6, 6.07) is 3.58. The quantitative estimate of drug-likeness (QED) is 0.617. The number of imidazole rings is 1. The van der Waals surface area contributed by atoms with E-state index in [0.717, 1.165) is 54.3 Å². The summed E-state index contributed by atoms with van der Waals surface area (Å²) in [7, 11) is 0.530. The smallest absolute Gasteiger partial charge is 0.252 e. The number of aryl methyl sites for hydroxylation is 2. The molecule has 2 aromatic heterocycles. The minimum Gasteiger partial charge on any atom is -0.368 e. The van der Waals surface area contributed by atoms with Gasteiger partial charge >= 0.3 is 0 Å². The van der Waals surface area contributed by atoms with Crippen LogP contribution in [0.15, 0.2) is 48.6 Å². The van der Waals surface area contributed by atoms with Crippen LogP contribution in [0.1, 0.15) is 49.9 Å². The second-order valence-corrected chi connectivity index (χ2v) is 11.6. The average Bonchev–Trinajstić information content (AvgIpc) is 3.18. The summed E-state index contributed by atoms with van der Waals surface area (Å²) < 4.78 is 2.12. The van der Waals surface area contributed by atoms with Gasteiger partial charge in [-0.05, 0) is 61.7 Å². The zero-order valence-electron chi connectivity index (χ0n) is 20.4. The highest BCUT2D eigenvalue weighted by atomic mass is 31.1. The van der Waals surface area contributed by atoms with Crippen molar-refractivity contribution >= 4 is 25.4 Å². The summed E-state index contributed by atoms with van der Waals surface area (Å²) in [5, 5.41) is 1.14. The van der Waals surface area contributed by atoms with Gasteiger partial charge in [-0.25, -0.2) is 4.98 Å². The van der Waals surface area contributed by atoms with Crippen LogP contribution in [0.25, 0.3) is 11.0 Å². The number of aromatic nitrogens is 2. The van der Waals surface area contributed by atoms with Crippen molar-refractivity contribution in [1.29, 1.82) is 0 Å². The van der Waals surface area contributed by atoms with Crippen LogP contribution in [0.5, 0.6) is 0 Å². The van der Waals surface area contributed by atoms with Crippen LogP contribution in [0, 0.1) is 6.92 Å². The van der Waals surface area contributed by atoms with E-state index >= 15 is 0 Å². The molecule has 178 valence electrons. The highest BCUT2D eigenvalue weighted by molar-refractivity contribution is 7.51. The van der Waals surface area contributed by atoms with Crippen molar-refractivity contribution in [3.8, 4) is 0 Å². The van der Waals surface area contributed by atoms with Crippen LogP contribution in [-0.4, -0.2) is 67.5 Å². The first kappa shape index (κ1) is 22.1. The Kier molecular flexibility index (Phi) is 5.62. The molecule has 0 radical (unpaired) electrons. The second kappa shape index (κ2) is 8.66. The molecule has 3 atom stereocenters. The molecular weight excluding hydrogens is 441 g/mol. The Labute approximate surface area is 203 Å². The molecule has 7 heteroatoms. The largest absolute Gasteiger partial charge is 0.368 e. The number of rotatable bonds is 4. The lowest BCUT2D eigenvalue weighted by Gasteiger charge is -2.48.